The van der Waals surface area contributed by atoms with E-state index < -0.39 is 0 Å². The summed E-state index contributed by atoms with van der Waals surface area (Å²) < 4.78 is 10.8. The molecule has 2 aliphatic rings. The second-order valence-electron chi connectivity index (χ2n) is 7.58. The standard InChI is InChI=1S/C22H26ClN3O3/c1-16(18-4-7-20-21(12-18)29-15-28-20)24-22(27)14-26-10-8-25(9-11-26)13-17-2-5-19(23)6-3-17/h2-7,12,16H,8-11,13-15H2,1H3,(H,24,27)/t16-/m0/s1. The van der Waals surface area contributed by atoms with Crippen LogP contribution in [0, 0.1) is 0 Å². The van der Waals surface area contributed by atoms with Gasteiger partial charge >= 0.3 is 0 Å². The molecule has 2 aromatic rings. The number of nitrogens with one attached hydrogen (secondary N) is 1. The summed E-state index contributed by atoms with van der Waals surface area (Å²) >= 11 is 5.95. The molecular weight excluding hydrogens is 390 g/mol. The minimum atomic E-state index is -0.0804. The molecule has 6 nitrogen and oxygen atoms in total. The van der Waals surface area contributed by atoms with E-state index >= 15 is 0 Å². The van der Waals surface area contributed by atoms with Crippen molar-refractivity contribution < 1.29 is 14.3 Å². The van der Waals surface area contributed by atoms with Gasteiger partial charge in [0, 0.05) is 37.7 Å². The highest BCUT2D eigenvalue weighted by molar-refractivity contribution is 6.30. The third kappa shape index (κ3) is 5.21. The fourth-order valence-electron chi connectivity index (χ4n) is 3.71. The van der Waals surface area contributed by atoms with Crippen LogP contribution in [0.25, 0.3) is 0 Å². The number of fused-ring (bicyclic) bond motifs is 1. The number of benzene rings is 2. The summed E-state index contributed by atoms with van der Waals surface area (Å²) in [4.78, 5) is 17.1. The zero-order chi connectivity index (χ0) is 20.2. The Morgan fingerprint density at radius 3 is 2.48 bits per heavy atom. The molecule has 1 N–H and O–H groups in total. The summed E-state index contributed by atoms with van der Waals surface area (Å²) in [5, 5.41) is 3.85. The summed E-state index contributed by atoms with van der Waals surface area (Å²) in [6, 6.07) is 13.7. The third-order valence-electron chi connectivity index (χ3n) is 5.43. The van der Waals surface area contributed by atoms with Crippen LogP contribution in [0.3, 0.4) is 0 Å². The van der Waals surface area contributed by atoms with Crippen molar-refractivity contribution in [1.82, 2.24) is 15.1 Å². The number of amides is 1. The highest BCUT2D eigenvalue weighted by atomic mass is 35.5. The Morgan fingerprint density at radius 2 is 1.72 bits per heavy atom. The molecule has 1 amide bonds. The molecule has 29 heavy (non-hydrogen) atoms. The maximum absolute atomic E-state index is 12.5. The van der Waals surface area contributed by atoms with Crippen LogP contribution in [0.1, 0.15) is 24.1 Å². The average Bonchev–Trinajstić information content (AvgIpc) is 3.19. The van der Waals surface area contributed by atoms with Crippen LogP contribution in [-0.2, 0) is 11.3 Å². The Morgan fingerprint density at radius 1 is 1.03 bits per heavy atom. The molecule has 0 spiro atoms. The van der Waals surface area contributed by atoms with E-state index in [1.54, 1.807) is 0 Å². The first-order valence-electron chi connectivity index (χ1n) is 9.95. The molecule has 2 heterocycles. The number of hydrogen-bond donors (Lipinski definition) is 1. The van der Waals surface area contributed by atoms with Crippen LogP contribution in [0.5, 0.6) is 11.5 Å². The van der Waals surface area contributed by atoms with Gasteiger partial charge in [0.05, 0.1) is 12.6 Å². The first kappa shape index (κ1) is 20.0. The number of carbonyl (C=O) groups excluding carboxylic acids is 1. The molecule has 0 aliphatic carbocycles. The molecule has 4 rings (SSSR count). The first-order valence-corrected chi connectivity index (χ1v) is 10.3. The number of hydrogen-bond acceptors (Lipinski definition) is 5. The van der Waals surface area contributed by atoms with Crippen LogP contribution in [0.2, 0.25) is 5.02 Å². The van der Waals surface area contributed by atoms with Gasteiger partial charge in [-0.25, -0.2) is 0 Å². The number of ether oxygens (including phenoxy) is 2. The predicted octanol–water partition coefficient (Wildman–Crippen LogP) is 3.06. The Balaban J connectivity index is 1.22. The van der Waals surface area contributed by atoms with Gasteiger partial charge in [-0.3, -0.25) is 14.6 Å². The van der Waals surface area contributed by atoms with Gasteiger partial charge in [0.1, 0.15) is 0 Å². The van der Waals surface area contributed by atoms with Crippen molar-refractivity contribution in [2.45, 2.75) is 19.5 Å². The summed E-state index contributed by atoms with van der Waals surface area (Å²) in [7, 11) is 0. The van der Waals surface area contributed by atoms with Crippen molar-refractivity contribution in [3.8, 4) is 11.5 Å². The fourth-order valence-corrected chi connectivity index (χ4v) is 3.84. The van der Waals surface area contributed by atoms with Gasteiger partial charge < -0.3 is 14.8 Å². The van der Waals surface area contributed by atoms with Crippen LogP contribution >= 0.6 is 11.6 Å². The third-order valence-corrected chi connectivity index (χ3v) is 5.68. The van der Waals surface area contributed by atoms with Crippen LogP contribution in [0.15, 0.2) is 42.5 Å². The molecule has 0 bridgehead atoms. The molecule has 2 aliphatic heterocycles. The van der Waals surface area contributed by atoms with E-state index in [4.69, 9.17) is 21.1 Å². The smallest absolute Gasteiger partial charge is 0.234 e. The molecule has 154 valence electrons. The first-order chi connectivity index (χ1) is 14.1. The quantitative estimate of drug-likeness (QED) is 0.785. The molecule has 7 heteroatoms. The maximum atomic E-state index is 12.5. The molecule has 1 saturated heterocycles. The van der Waals surface area contributed by atoms with Crippen molar-refractivity contribution in [1.29, 1.82) is 0 Å². The van der Waals surface area contributed by atoms with Gasteiger partial charge in [0.15, 0.2) is 11.5 Å². The maximum Gasteiger partial charge on any atom is 0.234 e. The van der Waals surface area contributed by atoms with Gasteiger partial charge in [0.2, 0.25) is 12.7 Å². The van der Waals surface area contributed by atoms with Crippen molar-refractivity contribution in [3.63, 3.8) is 0 Å². The lowest BCUT2D eigenvalue weighted by Gasteiger charge is -2.34. The fraction of sp³-hybridized carbons (Fsp3) is 0.409. The predicted molar refractivity (Wildman–Crippen MR) is 112 cm³/mol. The molecule has 2 aromatic carbocycles. The summed E-state index contributed by atoms with van der Waals surface area (Å²) in [6.07, 6.45) is 0. The van der Waals surface area contributed by atoms with E-state index in [1.165, 1.54) is 5.56 Å². The highest BCUT2D eigenvalue weighted by Crippen LogP contribution is 2.34. The largest absolute Gasteiger partial charge is 0.454 e. The molecule has 0 aromatic heterocycles. The van der Waals surface area contributed by atoms with E-state index in [0.29, 0.717) is 6.54 Å². The second kappa shape index (κ2) is 9.03. The molecule has 0 unspecified atom stereocenters. The Kier molecular flexibility index (Phi) is 6.23. The van der Waals surface area contributed by atoms with Gasteiger partial charge in [0.25, 0.3) is 0 Å². The lowest BCUT2D eigenvalue weighted by atomic mass is 10.1. The number of piperazine rings is 1. The number of nitrogens with zero attached hydrogens (tertiary/aromatic N) is 2. The monoisotopic (exact) mass is 415 g/mol. The van der Waals surface area contributed by atoms with E-state index in [1.807, 2.05) is 37.3 Å². The Hall–Kier alpha value is -2.28. The molecule has 1 fully saturated rings. The molecule has 0 saturated carbocycles. The minimum Gasteiger partial charge on any atom is -0.454 e. The molecule has 0 radical (unpaired) electrons. The van der Waals surface area contributed by atoms with Gasteiger partial charge in [-0.05, 0) is 42.3 Å². The summed E-state index contributed by atoms with van der Waals surface area (Å²) in [5.41, 5.74) is 2.27. The Bertz CT molecular complexity index is 851. The van der Waals surface area contributed by atoms with E-state index in [9.17, 15) is 4.79 Å². The normalized spacial score (nSPS) is 17.9. The van der Waals surface area contributed by atoms with Crippen LogP contribution in [0.4, 0.5) is 0 Å². The number of carbonyl (C=O) groups is 1. The number of rotatable bonds is 6. The SMILES string of the molecule is C[C@H](NC(=O)CN1CCN(Cc2ccc(Cl)cc2)CC1)c1ccc2c(c1)OCO2. The van der Waals surface area contributed by atoms with Crippen LogP contribution < -0.4 is 14.8 Å². The summed E-state index contributed by atoms with van der Waals surface area (Å²) in [6.45, 7) is 7.26. The highest BCUT2D eigenvalue weighted by Gasteiger charge is 2.21. The lowest BCUT2D eigenvalue weighted by Crippen LogP contribution is -2.49. The van der Waals surface area contributed by atoms with Gasteiger partial charge in [-0.15, -0.1) is 0 Å². The second-order valence-corrected chi connectivity index (χ2v) is 8.02. The number of halogens is 1. The van der Waals surface area contributed by atoms with Crippen LogP contribution in [-0.4, -0.2) is 55.2 Å². The zero-order valence-electron chi connectivity index (χ0n) is 16.6. The van der Waals surface area contributed by atoms with E-state index in [2.05, 4.69) is 27.2 Å². The van der Waals surface area contributed by atoms with Crippen molar-refractivity contribution in [2.75, 3.05) is 39.5 Å². The Labute approximate surface area is 176 Å². The summed E-state index contributed by atoms with van der Waals surface area (Å²) in [5.74, 6) is 1.53. The minimum absolute atomic E-state index is 0.0429. The van der Waals surface area contributed by atoms with Crippen molar-refractivity contribution >= 4 is 17.5 Å². The van der Waals surface area contributed by atoms with Gasteiger partial charge in [-0.1, -0.05) is 29.8 Å². The van der Waals surface area contributed by atoms with Gasteiger partial charge in [-0.2, -0.15) is 0 Å². The van der Waals surface area contributed by atoms with E-state index in [0.717, 1.165) is 54.8 Å². The average molecular weight is 416 g/mol. The topological polar surface area (TPSA) is 54.0 Å². The zero-order valence-corrected chi connectivity index (χ0v) is 17.3. The van der Waals surface area contributed by atoms with Crippen molar-refractivity contribution in [2.24, 2.45) is 0 Å². The lowest BCUT2D eigenvalue weighted by molar-refractivity contribution is -0.123. The molecule has 1 atom stereocenters. The van der Waals surface area contributed by atoms with E-state index in [-0.39, 0.29) is 18.7 Å². The molecular formula is C22H26ClN3O3. The van der Waals surface area contributed by atoms with Crippen molar-refractivity contribution in [3.05, 3.63) is 58.6 Å².